The first-order valence-corrected chi connectivity index (χ1v) is 4.59. The van der Waals surface area contributed by atoms with Gasteiger partial charge in [0.2, 0.25) is 0 Å². The summed E-state index contributed by atoms with van der Waals surface area (Å²) in [6, 6.07) is 0. The molecule has 0 unspecified atom stereocenters. The molecular weight excluding hydrogens is 172 g/mol. The average Bonchev–Trinajstić information content (AvgIpc) is 2.48. The van der Waals surface area contributed by atoms with Crippen LogP contribution in [0.3, 0.4) is 0 Å². The summed E-state index contributed by atoms with van der Waals surface area (Å²) in [5.41, 5.74) is 11.3. The Kier molecular flexibility index (Phi) is 3.04. The molecule has 1 aromatic rings. The molecule has 0 aromatic carbocycles. The smallest absolute Gasteiger partial charge is 0.186 e. The van der Waals surface area contributed by atoms with E-state index in [1.54, 1.807) is 11.3 Å². The van der Waals surface area contributed by atoms with E-state index in [0.717, 1.165) is 17.1 Å². The number of aliphatic imine (C=N–C) groups is 1. The van der Waals surface area contributed by atoms with Gasteiger partial charge in [0.05, 0.1) is 17.2 Å². The fraction of sp³-hybridized carbons (Fsp3) is 0.429. The number of nitrogens with zero attached hydrogens (tertiary/aromatic N) is 2. The molecular formula is C7H12N4S. The van der Waals surface area contributed by atoms with Gasteiger partial charge in [0, 0.05) is 5.38 Å². The Bertz CT molecular complexity index is 275. The van der Waals surface area contributed by atoms with Crippen molar-refractivity contribution >= 4 is 17.3 Å². The summed E-state index contributed by atoms with van der Waals surface area (Å²) in [6.45, 7) is 2.56. The van der Waals surface area contributed by atoms with Gasteiger partial charge in [0.15, 0.2) is 5.96 Å². The molecule has 66 valence electrons. The third kappa shape index (κ3) is 2.50. The van der Waals surface area contributed by atoms with Crippen molar-refractivity contribution in [2.75, 3.05) is 0 Å². The average molecular weight is 184 g/mol. The Labute approximate surface area is 75.3 Å². The van der Waals surface area contributed by atoms with Crippen LogP contribution in [0.2, 0.25) is 0 Å². The van der Waals surface area contributed by atoms with E-state index in [4.69, 9.17) is 11.5 Å². The zero-order valence-corrected chi connectivity index (χ0v) is 7.77. The Morgan fingerprint density at radius 2 is 2.42 bits per heavy atom. The number of aryl methyl sites for hydroxylation is 1. The van der Waals surface area contributed by atoms with Gasteiger partial charge in [-0.3, -0.25) is 0 Å². The lowest BCUT2D eigenvalue weighted by atomic mass is 10.5. The van der Waals surface area contributed by atoms with E-state index in [1.165, 1.54) is 0 Å². The summed E-state index contributed by atoms with van der Waals surface area (Å²) in [4.78, 5) is 8.16. The predicted molar refractivity (Wildman–Crippen MR) is 51.0 cm³/mol. The van der Waals surface area contributed by atoms with E-state index >= 15 is 0 Å². The van der Waals surface area contributed by atoms with E-state index in [-0.39, 0.29) is 5.96 Å². The molecule has 5 heteroatoms. The van der Waals surface area contributed by atoms with Crippen LogP contribution in [-0.4, -0.2) is 10.9 Å². The minimum atomic E-state index is 0.112. The van der Waals surface area contributed by atoms with Crippen LogP contribution in [0.15, 0.2) is 10.4 Å². The highest BCUT2D eigenvalue weighted by atomic mass is 32.1. The lowest BCUT2D eigenvalue weighted by Gasteiger charge is -1.89. The van der Waals surface area contributed by atoms with Crippen molar-refractivity contribution in [1.29, 1.82) is 0 Å². The van der Waals surface area contributed by atoms with Crippen LogP contribution >= 0.6 is 11.3 Å². The Balaban J connectivity index is 2.58. The molecule has 0 aliphatic rings. The maximum atomic E-state index is 5.18. The first kappa shape index (κ1) is 8.99. The van der Waals surface area contributed by atoms with Gasteiger partial charge in [0.25, 0.3) is 0 Å². The van der Waals surface area contributed by atoms with Crippen molar-refractivity contribution in [3.8, 4) is 0 Å². The largest absolute Gasteiger partial charge is 0.370 e. The monoisotopic (exact) mass is 184 g/mol. The van der Waals surface area contributed by atoms with Gasteiger partial charge in [-0.1, -0.05) is 6.92 Å². The molecule has 0 radical (unpaired) electrons. The lowest BCUT2D eigenvalue weighted by Crippen LogP contribution is -2.22. The molecule has 0 bridgehead atoms. The quantitative estimate of drug-likeness (QED) is 0.530. The van der Waals surface area contributed by atoms with E-state index < -0.39 is 0 Å². The molecule has 12 heavy (non-hydrogen) atoms. The summed E-state index contributed by atoms with van der Waals surface area (Å²) < 4.78 is 0. The molecule has 4 N–H and O–H groups in total. The second-order valence-corrected chi connectivity index (χ2v) is 3.27. The predicted octanol–water partition coefficient (Wildman–Crippen LogP) is 0.479. The number of nitrogens with two attached hydrogens (primary N) is 2. The standard InChI is InChI=1S/C7H12N4S/c1-2-6-11-5(4-12-6)3-10-7(8)9/h4H,2-3H2,1H3,(H4,8,9,10). The van der Waals surface area contributed by atoms with E-state index in [2.05, 4.69) is 16.9 Å². The van der Waals surface area contributed by atoms with Crippen LogP contribution < -0.4 is 11.5 Å². The second-order valence-electron chi connectivity index (χ2n) is 2.33. The first-order valence-electron chi connectivity index (χ1n) is 3.71. The van der Waals surface area contributed by atoms with Crippen molar-refractivity contribution in [2.24, 2.45) is 16.5 Å². The summed E-state index contributed by atoms with van der Waals surface area (Å²) >= 11 is 1.64. The second kappa shape index (κ2) is 4.06. The maximum absolute atomic E-state index is 5.18. The number of thiazole rings is 1. The fourth-order valence-electron chi connectivity index (χ4n) is 0.756. The number of rotatable bonds is 3. The van der Waals surface area contributed by atoms with E-state index in [1.807, 2.05) is 5.38 Å². The van der Waals surface area contributed by atoms with Gasteiger partial charge >= 0.3 is 0 Å². The number of hydrogen-bond acceptors (Lipinski definition) is 3. The molecule has 0 aliphatic carbocycles. The molecule has 1 rings (SSSR count). The molecule has 0 atom stereocenters. The van der Waals surface area contributed by atoms with Crippen LogP contribution in [-0.2, 0) is 13.0 Å². The molecule has 0 amide bonds. The molecule has 0 saturated heterocycles. The Morgan fingerprint density at radius 1 is 1.67 bits per heavy atom. The SMILES string of the molecule is CCc1nc(CN=C(N)N)cs1. The van der Waals surface area contributed by atoms with Crippen LogP contribution in [0, 0.1) is 0 Å². The van der Waals surface area contributed by atoms with Crippen molar-refractivity contribution in [3.05, 3.63) is 16.1 Å². The number of hydrogen-bond donors (Lipinski definition) is 2. The highest BCUT2D eigenvalue weighted by Crippen LogP contribution is 2.10. The van der Waals surface area contributed by atoms with E-state index in [9.17, 15) is 0 Å². The molecule has 0 aliphatic heterocycles. The minimum absolute atomic E-state index is 0.112. The van der Waals surface area contributed by atoms with E-state index in [0.29, 0.717) is 6.54 Å². The van der Waals surface area contributed by atoms with Crippen molar-refractivity contribution in [2.45, 2.75) is 19.9 Å². The minimum Gasteiger partial charge on any atom is -0.370 e. The van der Waals surface area contributed by atoms with Gasteiger partial charge in [-0.15, -0.1) is 11.3 Å². The van der Waals surface area contributed by atoms with Crippen molar-refractivity contribution in [1.82, 2.24) is 4.98 Å². The highest BCUT2D eigenvalue weighted by molar-refractivity contribution is 7.09. The molecule has 1 heterocycles. The molecule has 0 saturated carbocycles. The highest BCUT2D eigenvalue weighted by Gasteiger charge is 1.98. The third-order valence-corrected chi connectivity index (χ3v) is 2.37. The molecule has 0 fully saturated rings. The lowest BCUT2D eigenvalue weighted by molar-refractivity contribution is 0.967. The van der Waals surface area contributed by atoms with Crippen molar-refractivity contribution in [3.63, 3.8) is 0 Å². The van der Waals surface area contributed by atoms with Gasteiger partial charge in [-0.25, -0.2) is 9.98 Å². The summed E-state index contributed by atoms with van der Waals surface area (Å²) in [5, 5.41) is 3.10. The number of guanidine groups is 1. The van der Waals surface area contributed by atoms with Crippen LogP contribution in [0.1, 0.15) is 17.6 Å². The third-order valence-electron chi connectivity index (χ3n) is 1.33. The Hall–Kier alpha value is -1.10. The summed E-state index contributed by atoms with van der Waals surface area (Å²) in [5.74, 6) is 0.112. The normalized spacial score (nSPS) is 9.75. The first-order chi connectivity index (χ1) is 5.72. The van der Waals surface area contributed by atoms with Crippen LogP contribution in [0.25, 0.3) is 0 Å². The molecule has 4 nitrogen and oxygen atoms in total. The molecule has 1 aromatic heterocycles. The Morgan fingerprint density at radius 3 is 2.92 bits per heavy atom. The zero-order chi connectivity index (χ0) is 8.97. The maximum Gasteiger partial charge on any atom is 0.186 e. The number of aromatic nitrogens is 1. The van der Waals surface area contributed by atoms with Crippen molar-refractivity contribution < 1.29 is 0 Å². The zero-order valence-electron chi connectivity index (χ0n) is 6.95. The van der Waals surface area contributed by atoms with Gasteiger partial charge in [-0.2, -0.15) is 0 Å². The molecule has 0 spiro atoms. The summed E-state index contributed by atoms with van der Waals surface area (Å²) in [7, 11) is 0. The summed E-state index contributed by atoms with van der Waals surface area (Å²) in [6.07, 6.45) is 0.965. The topological polar surface area (TPSA) is 77.3 Å². The van der Waals surface area contributed by atoms with Crippen LogP contribution in [0.5, 0.6) is 0 Å². The fourth-order valence-corrected chi connectivity index (χ4v) is 1.49. The van der Waals surface area contributed by atoms with Gasteiger partial charge in [0.1, 0.15) is 0 Å². The van der Waals surface area contributed by atoms with Crippen LogP contribution in [0.4, 0.5) is 0 Å². The van der Waals surface area contributed by atoms with Gasteiger partial charge in [-0.05, 0) is 6.42 Å². The van der Waals surface area contributed by atoms with Gasteiger partial charge < -0.3 is 11.5 Å².